The first-order valence-electron chi connectivity index (χ1n) is 5.49. The molecule has 0 saturated carbocycles. The summed E-state index contributed by atoms with van der Waals surface area (Å²) >= 11 is 9.34. The molecule has 0 aliphatic carbocycles. The van der Waals surface area contributed by atoms with Crippen LogP contribution < -0.4 is 5.32 Å². The van der Waals surface area contributed by atoms with E-state index in [1.54, 1.807) is 7.11 Å². The van der Waals surface area contributed by atoms with Crippen LogP contribution in [0.1, 0.15) is 6.42 Å². The van der Waals surface area contributed by atoms with Crippen LogP contribution in [0.3, 0.4) is 0 Å². The van der Waals surface area contributed by atoms with E-state index in [1.165, 1.54) is 0 Å². The molecule has 96 valence electrons. The molecule has 1 aromatic rings. The number of halogens is 2. The van der Waals surface area contributed by atoms with Crippen molar-refractivity contribution >= 4 is 33.2 Å². The highest BCUT2D eigenvalue weighted by Crippen LogP contribution is 2.25. The number of hydrogen-bond acceptors (Lipinski definition) is 3. The van der Waals surface area contributed by atoms with E-state index in [0.29, 0.717) is 18.2 Å². The summed E-state index contributed by atoms with van der Waals surface area (Å²) in [4.78, 5) is 0. The molecule has 0 aliphatic rings. The van der Waals surface area contributed by atoms with Crippen LogP contribution in [0, 0.1) is 0 Å². The van der Waals surface area contributed by atoms with E-state index in [1.807, 2.05) is 18.2 Å². The SMILES string of the molecule is COCCOCCCNc1ccc(Br)c(Cl)c1. The van der Waals surface area contributed by atoms with Gasteiger partial charge < -0.3 is 14.8 Å². The molecule has 0 aromatic heterocycles. The van der Waals surface area contributed by atoms with Gasteiger partial charge in [0.2, 0.25) is 0 Å². The average molecular weight is 323 g/mol. The van der Waals surface area contributed by atoms with Gasteiger partial charge in [0, 0.05) is 30.4 Å². The summed E-state index contributed by atoms with van der Waals surface area (Å²) in [5.74, 6) is 0. The van der Waals surface area contributed by atoms with Crippen molar-refractivity contribution in [3.05, 3.63) is 27.7 Å². The van der Waals surface area contributed by atoms with Crippen LogP contribution in [0.5, 0.6) is 0 Å². The van der Waals surface area contributed by atoms with Crippen molar-refractivity contribution in [2.75, 3.05) is 38.8 Å². The Morgan fingerprint density at radius 3 is 2.82 bits per heavy atom. The van der Waals surface area contributed by atoms with Crippen LogP contribution in [-0.4, -0.2) is 33.5 Å². The molecule has 3 nitrogen and oxygen atoms in total. The zero-order chi connectivity index (χ0) is 12.5. The van der Waals surface area contributed by atoms with Crippen molar-refractivity contribution in [3.8, 4) is 0 Å². The molecule has 1 aromatic carbocycles. The van der Waals surface area contributed by atoms with E-state index in [0.717, 1.165) is 29.7 Å². The van der Waals surface area contributed by atoms with E-state index < -0.39 is 0 Å². The van der Waals surface area contributed by atoms with Gasteiger partial charge >= 0.3 is 0 Å². The third kappa shape index (κ3) is 6.27. The van der Waals surface area contributed by atoms with Gasteiger partial charge in [0.1, 0.15) is 0 Å². The Morgan fingerprint density at radius 1 is 1.29 bits per heavy atom. The lowest BCUT2D eigenvalue weighted by Crippen LogP contribution is -2.08. The Kier molecular flexibility index (Phi) is 7.60. The second-order valence-electron chi connectivity index (χ2n) is 3.51. The molecule has 1 N–H and O–H groups in total. The summed E-state index contributed by atoms with van der Waals surface area (Å²) in [5.41, 5.74) is 1.02. The molecule has 0 heterocycles. The summed E-state index contributed by atoms with van der Waals surface area (Å²) in [7, 11) is 1.67. The molecule has 1 rings (SSSR count). The molecule has 0 radical (unpaired) electrons. The first kappa shape index (κ1) is 14.8. The smallest absolute Gasteiger partial charge is 0.0700 e. The maximum Gasteiger partial charge on any atom is 0.0700 e. The minimum Gasteiger partial charge on any atom is -0.385 e. The number of rotatable bonds is 8. The molecule has 0 aliphatic heterocycles. The van der Waals surface area contributed by atoms with Gasteiger partial charge in [-0.3, -0.25) is 0 Å². The molecular weight excluding hydrogens is 305 g/mol. The Balaban J connectivity index is 2.11. The van der Waals surface area contributed by atoms with Crippen LogP contribution in [0.2, 0.25) is 5.02 Å². The molecule has 0 spiro atoms. The fourth-order valence-electron chi connectivity index (χ4n) is 1.26. The minimum absolute atomic E-state index is 0.649. The first-order chi connectivity index (χ1) is 8.24. The van der Waals surface area contributed by atoms with Gasteiger partial charge in [-0.1, -0.05) is 11.6 Å². The predicted molar refractivity (Wildman–Crippen MR) is 75.0 cm³/mol. The van der Waals surface area contributed by atoms with Gasteiger partial charge in [0.15, 0.2) is 0 Å². The van der Waals surface area contributed by atoms with Gasteiger partial charge in [-0.25, -0.2) is 0 Å². The Labute approximate surface area is 116 Å². The minimum atomic E-state index is 0.649. The highest BCUT2D eigenvalue weighted by atomic mass is 79.9. The fourth-order valence-corrected chi connectivity index (χ4v) is 1.68. The van der Waals surface area contributed by atoms with Crippen molar-refractivity contribution in [3.63, 3.8) is 0 Å². The second-order valence-corrected chi connectivity index (χ2v) is 4.78. The molecule has 17 heavy (non-hydrogen) atoms. The summed E-state index contributed by atoms with van der Waals surface area (Å²) in [5, 5.41) is 4.00. The monoisotopic (exact) mass is 321 g/mol. The maximum absolute atomic E-state index is 5.99. The van der Waals surface area contributed by atoms with Crippen molar-refractivity contribution in [2.24, 2.45) is 0 Å². The Morgan fingerprint density at radius 2 is 2.12 bits per heavy atom. The van der Waals surface area contributed by atoms with E-state index in [9.17, 15) is 0 Å². The summed E-state index contributed by atoms with van der Waals surface area (Å²) in [6.07, 6.45) is 0.956. The molecule has 5 heteroatoms. The molecular formula is C12H17BrClNO2. The first-order valence-corrected chi connectivity index (χ1v) is 6.66. The fraction of sp³-hybridized carbons (Fsp3) is 0.500. The van der Waals surface area contributed by atoms with Crippen molar-refractivity contribution in [2.45, 2.75) is 6.42 Å². The number of anilines is 1. The van der Waals surface area contributed by atoms with Crippen LogP contribution in [0.15, 0.2) is 22.7 Å². The Bertz CT molecular complexity index is 336. The topological polar surface area (TPSA) is 30.5 Å². The summed E-state index contributed by atoms with van der Waals surface area (Å²) < 4.78 is 11.1. The number of hydrogen-bond donors (Lipinski definition) is 1. The lowest BCUT2D eigenvalue weighted by molar-refractivity contribution is 0.0705. The maximum atomic E-state index is 5.99. The molecule has 0 fully saturated rings. The van der Waals surface area contributed by atoms with E-state index in [4.69, 9.17) is 21.1 Å². The molecule has 0 amide bonds. The van der Waals surface area contributed by atoms with Gasteiger partial charge in [0.05, 0.1) is 18.2 Å². The third-order valence-corrected chi connectivity index (χ3v) is 3.38. The van der Waals surface area contributed by atoms with Crippen molar-refractivity contribution < 1.29 is 9.47 Å². The van der Waals surface area contributed by atoms with Crippen LogP contribution in [0.4, 0.5) is 5.69 Å². The van der Waals surface area contributed by atoms with Gasteiger partial charge in [0.25, 0.3) is 0 Å². The molecule has 0 saturated heterocycles. The lowest BCUT2D eigenvalue weighted by atomic mass is 10.3. The predicted octanol–water partition coefficient (Wildman–Crippen LogP) is 3.57. The third-order valence-electron chi connectivity index (χ3n) is 2.15. The van der Waals surface area contributed by atoms with Gasteiger partial charge in [-0.2, -0.15) is 0 Å². The largest absolute Gasteiger partial charge is 0.385 e. The normalized spacial score (nSPS) is 10.5. The highest BCUT2D eigenvalue weighted by Gasteiger charge is 1.98. The summed E-state index contributed by atoms with van der Waals surface area (Å²) in [6.45, 7) is 2.90. The van der Waals surface area contributed by atoms with Crippen LogP contribution >= 0.6 is 27.5 Å². The highest BCUT2D eigenvalue weighted by molar-refractivity contribution is 9.10. The number of nitrogens with one attached hydrogen (secondary N) is 1. The number of benzene rings is 1. The second kappa shape index (κ2) is 8.75. The van der Waals surface area contributed by atoms with Crippen molar-refractivity contribution in [1.29, 1.82) is 0 Å². The van der Waals surface area contributed by atoms with E-state index in [2.05, 4.69) is 21.2 Å². The quantitative estimate of drug-likeness (QED) is 0.742. The average Bonchev–Trinajstić information content (AvgIpc) is 2.32. The molecule has 0 unspecified atom stereocenters. The van der Waals surface area contributed by atoms with Crippen LogP contribution in [-0.2, 0) is 9.47 Å². The van der Waals surface area contributed by atoms with Gasteiger partial charge in [-0.05, 0) is 40.5 Å². The van der Waals surface area contributed by atoms with Gasteiger partial charge in [-0.15, -0.1) is 0 Å². The molecule has 0 atom stereocenters. The van der Waals surface area contributed by atoms with Crippen LogP contribution in [0.25, 0.3) is 0 Å². The lowest BCUT2D eigenvalue weighted by Gasteiger charge is -2.08. The zero-order valence-electron chi connectivity index (χ0n) is 9.84. The number of ether oxygens (including phenoxy) is 2. The zero-order valence-corrected chi connectivity index (χ0v) is 12.2. The van der Waals surface area contributed by atoms with E-state index in [-0.39, 0.29) is 0 Å². The van der Waals surface area contributed by atoms with E-state index >= 15 is 0 Å². The molecule has 0 bridgehead atoms. The number of methoxy groups -OCH3 is 1. The summed E-state index contributed by atoms with van der Waals surface area (Å²) in [6, 6.07) is 5.82. The van der Waals surface area contributed by atoms with Crippen molar-refractivity contribution in [1.82, 2.24) is 0 Å². The standard InChI is InChI=1S/C12H17BrClNO2/c1-16-7-8-17-6-2-5-15-10-3-4-11(13)12(14)9-10/h3-4,9,15H,2,5-8H2,1H3. The Hall–Kier alpha value is -0.290.